The lowest BCUT2D eigenvalue weighted by atomic mass is 10.1. The van der Waals surface area contributed by atoms with Crippen molar-refractivity contribution >= 4 is 27.3 Å². The lowest BCUT2D eigenvalue weighted by Crippen LogP contribution is -2.39. The predicted molar refractivity (Wildman–Crippen MR) is 116 cm³/mol. The molecular weight excluding hydrogens is 390 g/mol. The van der Waals surface area contributed by atoms with E-state index in [2.05, 4.69) is 10.5 Å². The van der Waals surface area contributed by atoms with E-state index >= 15 is 0 Å². The molecule has 156 valence electrons. The minimum absolute atomic E-state index is 0.351. The number of hydrogen-bond acceptors (Lipinski definition) is 5. The Morgan fingerprint density at radius 3 is 2.34 bits per heavy atom. The maximum atomic E-state index is 12.4. The van der Waals surface area contributed by atoms with Crippen LogP contribution in [-0.4, -0.2) is 39.4 Å². The molecule has 0 bridgehead atoms. The Morgan fingerprint density at radius 2 is 1.76 bits per heavy atom. The monoisotopic (exact) mass is 417 g/mol. The molecule has 0 aliphatic carbocycles. The third-order valence-corrected chi connectivity index (χ3v) is 5.39. The van der Waals surface area contributed by atoms with Gasteiger partial charge in [-0.05, 0) is 61.7 Å². The van der Waals surface area contributed by atoms with Crippen molar-refractivity contribution in [3.63, 3.8) is 0 Å². The second kappa shape index (κ2) is 10.1. The molecule has 0 saturated heterocycles. The Kier molecular flexibility index (Phi) is 7.78. The summed E-state index contributed by atoms with van der Waals surface area (Å²) in [6, 6.07) is 14.5. The Morgan fingerprint density at radius 1 is 1.10 bits per heavy atom. The van der Waals surface area contributed by atoms with Gasteiger partial charge in [0.15, 0.2) is 0 Å². The molecule has 1 amide bonds. The van der Waals surface area contributed by atoms with Crippen LogP contribution < -0.4 is 14.5 Å². The lowest BCUT2D eigenvalue weighted by molar-refractivity contribution is -0.119. The van der Waals surface area contributed by atoms with Crippen LogP contribution in [0.15, 0.2) is 53.6 Å². The summed E-state index contributed by atoms with van der Waals surface area (Å²) in [6.07, 6.45) is 1.74. The summed E-state index contributed by atoms with van der Waals surface area (Å²) in [4.78, 5) is 12.4. The van der Waals surface area contributed by atoms with Gasteiger partial charge < -0.3 is 4.74 Å². The molecule has 2 aromatic carbocycles. The molecule has 0 aromatic heterocycles. The van der Waals surface area contributed by atoms with Crippen molar-refractivity contribution in [2.75, 3.05) is 23.7 Å². The van der Waals surface area contributed by atoms with Gasteiger partial charge in [-0.25, -0.2) is 13.8 Å². The largest absolute Gasteiger partial charge is 0.494 e. The van der Waals surface area contributed by atoms with Crippen LogP contribution >= 0.6 is 0 Å². The number of ether oxygens (including phenoxy) is 1. The van der Waals surface area contributed by atoms with E-state index in [1.54, 1.807) is 19.1 Å². The molecule has 0 aliphatic heterocycles. The molecule has 2 rings (SSSR count). The van der Waals surface area contributed by atoms with Crippen molar-refractivity contribution in [1.82, 2.24) is 5.43 Å². The second-order valence-corrected chi connectivity index (χ2v) is 8.35. The second-order valence-electron chi connectivity index (χ2n) is 6.44. The van der Waals surface area contributed by atoms with Gasteiger partial charge in [-0.3, -0.25) is 9.10 Å². The average Bonchev–Trinajstić information content (AvgIpc) is 2.70. The predicted octanol–water partition coefficient (Wildman–Crippen LogP) is 2.95. The summed E-state index contributed by atoms with van der Waals surface area (Å²) in [6.45, 7) is 5.84. The third-order valence-electron chi connectivity index (χ3n) is 4.26. The van der Waals surface area contributed by atoms with Crippen LogP contribution in [0.5, 0.6) is 5.75 Å². The molecule has 0 unspecified atom stereocenters. The van der Waals surface area contributed by atoms with Crippen LogP contribution in [-0.2, 0) is 21.2 Å². The number of carbonyl (C=O) groups excluding carboxylic acids is 1. The number of nitrogens with one attached hydrogen (secondary N) is 1. The molecule has 0 fully saturated rings. The Balaban J connectivity index is 2.13. The number of aryl methyl sites for hydroxylation is 1. The van der Waals surface area contributed by atoms with E-state index in [0.29, 0.717) is 24.4 Å². The number of hydrazone groups is 1. The highest BCUT2D eigenvalue weighted by atomic mass is 32.2. The number of carbonyl (C=O) groups is 1. The quantitative estimate of drug-likeness (QED) is 0.502. The van der Waals surface area contributed by atoms with E-state index in [1.165, 1.54) is 0 Å². The minimum atomic E-state index is -3.64. The number of rotatable bonds is 9. The lowest BCUT2D eigenvalue weighted by Gasteiger charge is -2.23. The van der Waals surface area contributed by atoms with Gasteiger partial charge in [-0.1, -0.05) is 25.1 Å². The number of hydrogen-bond donors (Lipinski definition) is 1. The van der Waals surface area contributed by atoms with Crippen molar-refractivity contribution in [1.29, 1.82) is 0 Å². The van der Waals surface area contributed by atoms with Gasteiger partial charge in [0.1, 0.15) is 12.3 Å². The summed E-state index contributed by atoms with van der Waals surface area (Å²) in [5.41, 5.74) is 5.21. The standard InChI is InChI=1S/C21H27N3O4S/c1-5-17-9-7-8-10-20(17)24(29(4,26)27)15-21(25)23-22-16(3)18-11-13-19(14-12-18)28-6-2/h7-14H,5-6,15H2,1-4H3,(H,23,25)/b22-16-. The van der Waals surface area contributed by atoms with Crippen LogP contribution in [0.1, 0.15) is 31.9 Å². The highest BCUT2D eigenvalue weighted by Gasteiger charge is 2.22. The van der Waals surface area contributed by atoms with Crippen LogP contribution in [0, 0.1) is 0 Å². The first-order valence-corrected chi connectivity index (χ1v) is 11.2. The zero-order valence-corrected chi connectivity index (χ0v) is 18.0. The number of sulfonamides is 1. The summed E-state index contributed by atoms with van der Waals surface area (Å²) in [5.74, 6) is 0.234. The van der Waals surface area contributed by atoms with Crippen molar-refractivity contribution in [3.05, 3.63) is 59.7 Å². The maximum absolute atomic E-state index is 12.4. The molecule has 7 nitrogen and oxygen atoms in total. The number of nitrogens with zero attached hydrogens (tertiary/aromatic N) is 2. The normalized spacial score (nSPS) is 11.8. The third kappa shape index (κ3) is 6.32. The molecule has 8 heteroatoms. The zero-order valence-electron chi connectivity index (χ0n) is 17.2. The van der Waals surface area contributed by atoms with Crippen molar-refractivity contribution in [2.45, 2.75) is 27.2 Å². The summed E-state index contributed by atoms with van der Waals surface area (Å²) in [5, 5.41) is 4.10. The van der Waals surface area contributed by atoms with Crippen LogP contribution in [0.3, 0.4) is 0 Å². The summed E-state index contributed by atoms with van der Waals surface area (Å²) in [7, 11) is -3.64. The smallest absolute Gasteiger partial charge is 0.260 e. The molecule has 0 atom stereocenters. The molecule has 29 heavy (non-hydrogen) atoms. The first-order valence-electron chi connectivity index (χ1n) is 9.38. The molecule has 0 radical (unpaired) electrons. The molecular formula is C21H27N3O4S. The van der Waals surface area contributed by atoms with E-state index < -0.39 is 15.9 Å². The van der Waals surface area contributed by atoms with Crippen LogP contribution in [0.25, 0.3) is 0 Å². The molecule has 0 aliphatic rings. The minimum Gasteiger partial charge on any atom is -0.494 e. The number of benzene rings is 2. The molecule has 0 heterocycles. The fraction of sp³-hybridized carbons (Fsp3) is 0.333. The van der Waals surface area contributed by atoms with Gasteiger partial charge in [0, 0.05) is 0 Å². The molecule has 0 saturated carbocycles. The Labute approximate surface area is 172 Å². The number of para-hydroxylation sites is 1. The summed E-state index contributed by atoms with van der Waals surface area (Å²) >= 11 is 0. The Bertz CT molecular complexity index is 970. The van der Waals surface area contributed by atoms with Gasteiger partial charge >= 0.3 is 0 Å². The van der Waals surface area contributed by atoms with Gasteiger partial charge in [0.2, 0.25) is 10.0 Å². The first kappa shape index (κ1) is 22.4. The number of anilines is 1. The number of amides is 1. The van der Waals surface area contributed by atoms with Gasteiger partial charge in [0.25, 0.3) is 5.91 Å². The van der Waals surface area contributed by atoms with E-state index in [9.17, 15) is 13.2 Å². The maximum Gasteiger partial charge on any atom is 0.260 e. The average molecular weight is 418 g/mol. The fourth-order valence-corrected chi connectivity index (χ4v) is 3.66. The molecule has 0 spiro atoms. The van der Waals surface area contributed by atoms with Gasteiger partial charge in [0.05, 0.1) is 24.3 Å². The zero-order chi connectivity index (χ0) is 21.4. The fourth-order valence-electron chi connectivity index (χ4n) is 2.77. The molecule has 2 aromatic rings. The van der Waals surface area contributed by atoms with E-state index in [-0.39, 0.29) is 6.54 Å². The van der Waals surface area contributed by atoms with E-state index in [0.717, 1.165) is 27.4 Å². The van der Waals surface area contributed by atoms with Crippen LogP contribution in [0.4, 0.5) is 5.69 Å². The highest BCUT2D eigenvalue weighted by Crippen LogP contribution is 2.23. The van der Waals surface area contributed by atoms with Crippen molar-refractivity contribution in [2.24, 2.45) is 5.10 Å². The highest BCUT2D eigenvalue weighted by molar-refractivity contribution is 7.92. The van der Waals surface area contributed by atoms with Crippen LogP contribution in [0.2, 0.25) is 0 Å². The van der Waals surface area contributed by atoms with Gasteiger partial charge in [-0.15, -0.1) is 0 Å². The van der Waals surface area contributed by atoms with Gasteiger partial charge in [-0.2, -0.15) is 5.10 Å². The van der Waals surface area contributed by atoms with Crippen molar-refractivity contribution in [3.8, 4) is 5.75 Å². The SMILES string of the molecule is CCOc1ccc(/C(C)=N\NC(=O)CN(c2ccccc2CC)S(C)(=O)=O)cc1. The first-order chi connectivity index (χ1) is 13.8. The van der Waals surface area contributed by atoms with Crippen molar-refractivity contribution < 1.29 is 17.9 Å². The van der Waals surface area contributed by atoms with E-state index in [1.807, 2.05) is 50.2 Å². The van der Waals surface area contributed by atoms with E-state index in [4.69, 9.17) is 4.74 Å². The molecule has 1 N–H and O–H groups in total. The summed E-state index contributed by atoms with van der Waals surface area (Å²) < 4.78 is 31.1. The topological polar surface area (TPSA) is 88.1 Å². The Hall–Kier alpha value is -2.87.